The molecule has 0 amide bonds. The molecule has 3 heteroatoms. The maximum Gasteiger partial charge on any atom is 0.125 e. The smallest absolute Gasteiger partial charge is 0.125 e. The fourth-order valence-corrected chi connectivity index (χ4v) is 1.92. The first-order valence-corrected chi connectivity index (χ1v) is 6.32. The van der Waals surface area contributed by atoms with E-state index in [1.807, 2.05) is 31.2 Å². The average Bonchev–Trinajstić information content (AvgIpc) is 2.43. The summed E-state index contributed by atoms with van der Waals surface area (Å²) in [6, 6.07) is 12.8. The van der Waals surface area contributed by atoms with Crippen LogP contribution >= 0.6 is 0 Å². The minimum Gasteiger partial charge on any atom is -0.497 e. The fourth-order valence-electron chi connectivity index (χ4n) is 1.92. The zero-order chi connectivity index (χ0) is 13.7. The molecule has 0 aliphatic rings. The quantitative estimate of drug-likeness (QED) is 0.882. The Bertz CT molecular complexity index is 537. The lowest BCUT2D eigenvalue weighted by Gasteiger charge is -2.10. The highest BCUT2D eigenvalue weighted by Crippen LogP contribution is 2.16. The molecule has 1 N–H and O–H groups in total. The zero-order valence-corrected chi connectivity index (χ0v) is 11.2. The number of halogens is 1. The van der Waals surface area contributed by atoms with Crippen molar-refractivity contribution in [2.75, 3.05) is 19.0 Å². The lowest BCUT2D eigenvalue weighted by Crippen LogP contribution is -2.06. The second kappa shape index (κ2) is 6.23. The second-order valence-corrected chi connectivity index (χ2v) is 4.48. The van der Waals surface area contributed by atoms with Gasteiger partial charge in [0.1, 0.15) is 11.6 Å². The van der Waals surface area contributed by atoms with Gasteiger partial charge in [0.2, 0.25) is 0 Å². The summed E-state index contributed by atoms with van der Waals surface area (Å²) in [5, 5.41) is 3.26. The summed E-state index contributed by atoms with van der Waals surface area (Å²) in [7, 11) is 1.66. The van der Waals surface area contributed by atoms with Crippen molar-refractivity contribution in [2.24, 2.45) is 0 Å². The van der Waals surface area contributed by atoms with Crippen molar-refractivity contribution in [2.45, 2.75) is 13.3 Å². The van der Waals surface area contributed by atoms with Crippen LogP contribution in [-0.4, -0.2) is 13.7 Å². The Morgan fingerprint density at radius 1 is 1.11 bits per heavy atom. The van der Waals surface area contributed by atoms with Crippen molar-refractivity contribution in [3.05, 3.63) is 59.4 Å². The number of benzene rings is 2. The van der Waals surface area contributed by atoms with Crippen LogP contribution in [0.4, 0.5) is 10.1 Å². The van der Waals surface area contributed by atoms with Gasteiger partial charge in [-0.15, -0.1) is 0 Å². The molecule has 2 aromatic rings. The standard InChI is InChI=1S/C16H18FNO/c1-12-3-6-14(17)11-16(12)18-10-9-13-4-7-15(19-2)8-5-13/h3-8,11,18H,9-10H2,1-2H3. The van der Waals surface area contributed by atoms with E-state index in [0.717, 1.165) is 30.0 Å². The Labute approximate surface area is 113 Å². The van der Waals surface area contributed by atoms with Gasteiger partial charge in [-0.2, -0.15) is 0 Å². The van der Waals surface area contributed by atoms with E-state index >= 15 is 0 Å². The molecule has 0 fully saturated rings. The van der Waals surface area contributed by atoms with Crippen LogP contribution in [0, 0.1) is 12.7 Å². The van der Waals surface area contributed by atoms with Gasteiger partial charge in [-0.3, -0.25) is 0 Å². The predicted octanol–water partition coefficient (Wildman–Crippen LogP) is 3.80. The van der Waals surface area contributed by atoms with Crippen LogP contribution in [0.15, 0.2) is 42.5 Å². The van der Waals surface area contributed by atoms with Gasteiger partial charge in [0.25, 0.3) is 0 Å². The molecule has 0 aliphatic heterocycles. The molecule has 0 radical (unpaired) electrons. The molecular weight excluding hydrogens is 241 g/mol. The molecule has 0 heterocycles. The Balaban J connectivity index is 1.90. The van der Waals surface area contributed by atoms with Gasteiger partial charge < -0.3 is 10.1 Å². The summed E-state index contributed by atoms with van der Waals surface area (Å²) in [5.74, 6) is 0.648. The molecule has 19 heavy (non-hydrogen) atoms. The van der Waals surface area contributed by atoms with Gasteiger partial charge in [0.05, 0.1) is 7.11 Å². The van der Waals surface area contributed by atoms with Crippen molar-refractivity contribution in [1.82, 2.24) is 0 Å². The predicted molar refractivity (Wildman–Crippen MR) is 76.3 cm³/mol. The number of rotatable bonds is 5. The highest BCUT2D eigenvalue weighted by molar-refractivity contribution is 5.50. The lowest BCUT2D eigenvalue weighted by molar-refractivity contribution is 0.414. The summed E-state index contributed by atoms with van der Waals surface area (Å²) >= 11 is 0. The average molecular weight is 259 g/mol. The zero-order valence-electron chi connectivity index (χ0n) is 11.2. The first-order chi connectivity index (χ1) is 9.19. The SMILES string of the molecule is COc1ccc(CCNc2cc(F)ccc2C)cc1. The van der Waals surface area contributed by atoms with E-state index in [1.165, 1.54) is 17.7 Å². The van der Waals surface area contributed by atoms with Gasteiger partial charge in [-0.25, -0.2) is 4.39 Å². The molecule has 0 spiro atoms. The van der Waals surface area contributed by atoms with Gasteiger partial charge in [-0.1, -0.05) is 18.2 Å². The van der Waals surface area contributed by atoms with E-state index in [4.69, 9.17) is 4.74 Å². The van der Waals surface area contributed by atoms with Gasteiger partial charge >= 0.3 is 0 Å². The molecule has 0 saturated heterocycles. The summed E-state index contributed by atoms with van der Waals surface area (Å²) in [5.41, 5.74) is 3.13. The number of ether oxygens (including phenoxy) is 1. The molecule has 0 aliphatic carbocycles. The molecule has 0 atom stereocenters. The van der Waals surface area contributed by atoms with Crippen LogP contribution in [0.3, 0.4) is 0 Å². The van der Waals surface area contributed by atoms with Crippen LogP contribution in [-0.2, 0) is 6.42 Å². The van der Waals surface area contributed by atoms with Gasteiger partial charge in [-0.05, 0) is 48.7 Å². The maximum atomic E-state index is 13.1. The molecule has 0 saturated carbocycles. The molecule has 2 rings (SSSR count). The van der Waals surface area contributed by atoms with Gasteiger partial charge in [0.15, 0.2) is 0 Å². The second-order valence-electron chi connectivity index (χ2n) is 4.48. The highest BCUT2D eigenvalue weighted by atomic mass is 19.1. The minimum atomic E-state index is -0.211. The summed E-state index contributed by atoms with van der Waals surface area (Å²) in [6.07, 6.45) is 0.889. The molecule has 2 nitrogen and oxygen atoms in total. The number of methoxy groups -OCH3 is 1. The Morgan fingerprint density at radius 2 is 1.84 bits per heavy atom. The van der Waals surface area contributed by atoms with E-state index in [-0.39, 0.29) is 5.82 Å². The molecule has 2 aromatic carbocycles. The van der Waals surface area contributed by atoms with Crippen LogP contribution in [0.2, 0.25) is 0 Å². The monoisotopic (exact) mass is 259 g/mol. The summed E-state index contributed by atoms with van der Waals surface area (Å²) < 4.78 is 18.2. The summed E-state index contributed by atoms with van der Waals surface area (Å²) in [6.45, 7) is 2.74. The Hall–Kier alpha value is -2.03. The third-order valence-corrected chi connectivity index (χ3v) is 3.09. The fraction of sp³-hybridized carbons (Fsp3) is 0.250. The molecule has 0 bridgehead atoms. The largest absolute Gasteiger partial charge is 0.497 e. The van der Waals surface area contributed by atoms with E-state index in [0.29, 0.717) is 0 Å². The highest BCUT2D eigenvalue weighted by Gasteiger charge is 2.00. The van der Waals surface area contributed by atoms with Crippen molar-refractivity contribution in [3.63, 3.8) is 0 Å². The molecular formula is C16H18FNO. The van der Waals surface area contributed by atoms with Crippen LogP contribution in [0.5, 0.6) is 5.75 Å². The first-order valence-electron chi connectivity index (χ1n) is 6.32. The third-order valence-electron chi connectivity index (χ3n) is 3.09. The number of nitrogens with one attached hydrogen (secondary N) is 1. The number of anilines is 1. The maximum absolute atomic E-state index is 13.1. The molecule has 100 valence electrons. The minimum absolute atomic E-state index is 0.211. The normalized spacial score (nSPS) is 10.3. The van der Waals surface area contributed by atoms with Crippen molar-refractivity contribution < 1.29 is 9.13 Å². The first kappa shape index (κ1) is 13.4. The van der Waals surface area contributed by atoms with Crippen LogP contribution in [0.1, 0.15) is 11.1 Å². The van der Waals surface area contributed by atoms with Gasteiger partial charge in [0, 0.05) is 12.2 Å². The number of aryl methyl sites for hydroxylation is 1. The Morgan fingerprint density at radius 3 is 2.53 bits per heavy atom. The Kier molecular flexibility index (Phi) is 4.39. The van der Waals surface area contributed by atoms with E-state index in [1.54, 1.807) is 13.2 Å². The van der Waals surface area contributed by atoms with Crippen LogP contribution in [0.25, 0.3) is 0 Å². The number of hydrogen-bond acceptors (Lipinski definition) is 2. The number of hydrogen-bond donors (Lipinski definition) is 1. The molecule has 0 unspecified atom stereocenters. The van der Waals surface area contributed by atoms with E-state index in [2.05, 4.69) is 5.32 Å². The topological polar surface area (TPSA) is 21.3 Å². The van der Waals surface area contributed by atoms with Crippen molar-refractivity contribution in [3.8, 4) is 5.75 Å². The molecule has 0 aromatic heterocycles. The van der Waals surface area contributed by atoms with Crippen LogP contribution < -0.4 is 10.1 Å². The third kappa shape index (κ3) is 3.71. The summed E-state index contributed by atoms with van der Waals surface area (Å²) in [4.78, 5) is 0. The van der Waals surface area contributed by atoms with Crippen molar-refractivity contribution in [1.29, 1.82) is 0 Å². The van der Waals surface area contributed by atoms with Crippen molar-refractivity contribution >= 4 is 5.69 Å². The van der Waals surface area contributed by atoms with E-state index in [9.17, 15) is 4.39 Å². The van der Waals surface area contributed by atoms with E-state index < -0.39 is 0 Å². The lowest BCUT2D eigenvalue weighted by atomic mass is 10.1.